The Hall–Kier alpha value is -3.35. The number of hydrogen-bond donors (Lipinski definition) is 1. The molecule has 1 atom stereocenters. The first-order valence-electron chi connectivity index (χ1n) is 13.2. The van der Waals surface area contributed by atoms with Gasteiger partial charge >= 0.3 is 5.97 Å². The van der Waals surface area contributed by atoms with Gasteiger partial charge in [0, 0.05) is 43.7 Å². The lowest BCUT2D eigenvalue weighted by Crippen LogP contribution is -2.50. The number of ether oxygens (including phenoxy) is 1. The molecule has 1 heterocycles. The van der Waals surface area contributed by atoms with Crippen molar-refractivity contribution < 1.29 is 19.4 Å². The fraction of sp³-hybridized carbons (Fsp3) is 0.355. The Kier molecular flexibility index (Phi) is 10.2. The maximum atomic E-state index is 12.8. The summed E-state index contributed by atoms with van der Waals surface area (Å²) in [4.78, 5) is 27.9. The van der Waals surface area contributed by atoms with Crippen molar-refractivity contribution in [3.63, 3.8) is 0 Å². The summed E-state index contributed by atoms with van der Waals surface area (Å²) in [6, 6.07) is 26.3. The monoisotopic (exact) mass is 534 g/mol. The largest absolute Gasteiger partial charge is 0.484 e. The first kappa shape index (κ1) is 27.7. The van der Waals surface area contributed by atoms with Crippen molar-refractivity contribution in [1.29, 1.82) is 0 Å². The summed E-state index contributed by atoms with van der Waals surface area (Å²) in [5, 5.41) is 9.58. The van der Waals surface area contributed by atoms with E-state index in [2.05, 4.69) is 47.4 Å². The Morgan fingerprint density at radius 3 is 2.13 bits per heavy atom. The third-order valence-corrected chi connectivity index (χ3v) is 7.31. The van der Waals surface area contributed by atoms with E-state index in [1.165, 1.54) is 11.1 Å². The average molecular weight is 535 g/mol. The highest BCUT2D eigenvalue weighted by Crippen LogP contribution is 2.28. The highest BCUT2D eigenvalue weighted by Gasteiger charge is 2.27. The molecule has 0 spiro atoms. The number of carboxylic acids is 1. The van der Waals surface area contributed by atoms with Crippen LogP contribution in [0.3, 0.4) is 0 Å². The second-order valence-corrected chi connectivity index (χ2v) is 10.1. The van der Waals surface area contributed by atoms with Crippen LogP contribution in [0, 0.1) is 0 Å². The molecule has 0 saturated carbocycles. The number of carbonyl (C=O) groups is 2. The third kappa shape index (κ3) is 8.33. The van der Waals surface area contributed by atoms with Gasteiger partial charge in [-0.2, -0.15) is 0 Å². The lowest BCUT2D eigenvalue weighted by atomic mass is 9.97. The zero-order valence-corrected chi connectivity index (χ0v) is 22.4. The van der Waals surface area contributed by atoms with Crippen molar-refractivity contribution in [2.75, 3.05) is 32.8 Å². The fourth-order valence-corrected chi connectivity index (χ4v) is 5.03. The summed E-state index contributed by atoms with van der Waals surface area (Å²) in [6.45, 7) is 3.00. The van der Waals surface area contributed by atoms with Crippen LogP contribution in [0.5, 0.6) is 5.75 Å². The molecule has 0 radical (unpaired) electrons. The van der Waals surface area contributed by atoms with Crippen LogP contribution < -0.4 is 4.74 Å². The first-order valence-corrected chi connectivity index (χ1v) is 13.6. The van der Waals surface area contributed by atoms with Crippen molar-refractivity contribution in [3.05, 3.63) is 101 Å². The summed E-state index contributed by atoms with van der Waals surface area (Å²) >= 11 is 6.03. The van der Waals surface area contributed by atoms with Gasteiger partial charge < -0.3 is 14.7 Å². The smallest absolute Gasteiger partial charge is 0.303 e. The van der Waals surface area contributed by atoms with Crippen LogP contribution in [-0.2, 0) is 22.4 Å². The SMILES string of the molecule is O=C(O)CCc1ccc(OCC(=O)N2CCN(C(CCCc3ccc(Cl)cc3)c3ccccc3)CC2)cc1. The number of aliphatic carboxylic acids is 1. The van der Waals surface area contributed by atoms with Crippen molar-refractivity contribution in [1.82, 2.24) is 9.80 Å². The minimum Gasteiger partial charge on any atom is -0.484 e. The van der Waals surface area contributed by atoms with Crippen LogP contribution in [0.1, 0.15) is 42.0 Å². The van der Waals surface area contributed by atoms with E-state index in [9.17, 15) is 9.59 Å². The quantitative estimate of drug-likeness (QED) is 0.325. The number of rotatable bonds is 12. The number of carboxylic acid groups (broad SMARTS) is 1. The minimum absolute atomic E-state index is 0.00230. The normalized spacial score (nSPS) is 14.7. The van der Waals surface area contributed by atoms with E-state index in [0.29, 0.717) is 31.3 Å². The van der Waals surface area contributed by atoms with E-state index in [1.807, 2.05) is 29.2 Å². The van der Waals surface area contributed by atoms with Gasteiger partial charge in [-0.15, -0.1) is 0 Å². The van der Waals surface area contributed by atoms with Crippen LogP contribution in [0.4, 0.5) is 0 Å². The van der Waals surface area contributed by atoms with Crippen LogP contribution in [0.15, 0.2) is 78.9 Å². The van der Waals surface area contributed by atoms with Gasteiger partial charge in [-0.25, -0.2) is 0 Å². The number of aryl methyl sites for hydroxylation is 2. The first-order chi connectivity index (χ1) is 18.5. The van der Waals surface area contributed by atoms with Crippen molar-refractivity contribution in [2.24, 2.45) is 0 Å². The maximum absolute atomic E-state index is 12.8. The van der Waals surface area contributed by atoms with Gasteiger partial charge in [0.15, 0.2) is 6.61 Å². The number of hydrogen-bond acceptors (Lipinski definition) is 4. The predicted molar refractivity (Wildman–Crippen MR) is 150 cm³/mol. The Morgan fingerprint density at radius 1 is 0.842 bits per heavy atom. The van der Waals surface area contributed by atoms with Gasteiger partial charge in [-0.1, -0.05) is 66.2 Å². The molecule has 1 amide bonds. The highest BCUT2D eigenvalue weighted by molar-refractivity contribution is 6.30. The van der Waals surface area contributed by atoms with Crippen molar-refractivity contribution >= 4 is 23.5 Å². The number of piperazine rings is 1. The molecular formula is C31H35ClN2O4. The molecule has 0 bridgehead atoms. The standard InChI is InChI=1S/C31H35ClN2O4/c32-27-14-9-24(10-15-27)5-4-8-29(26-6-2-1-3-7-26)33-19-21-34(22-20-33)30(35)23-38-28-16-11-25(12-17-28)13-18-31(36)37/h1-3,6-7,9-12,14-17,29H,4-5,8,13,18-23H2,(H,36,37). The van der Waals surface area contributed by atoms with Crippen LogP contribution >= 0.6 is 11.6 Å². The molecule has 7 heteroatoms. The van der Waals surface area contributed by atoms with E-state index in [1.54, 1.807) is 12.1 Å². The molecule has 200 valence electrons. The Bertz CT molecular complexity index is 1160. The van der Waals surface area contributed by atoms with Gasteiger partial charge in [0.1, 0.15) is 5.75 Å². The van der Waals surface area contributed by atoms with E-state index >= 15 is 0 Å². The van der Waals surface area contributed by atoms with Crippen LogP contribution in [0.2, 0.25) is 5.02 Å². The lowest BCUT2D eigenvalue weighted by molar-refractivity contribution is -0.137. The summed E-state index contributed by atoms with van der Waals surface area (Å²) in [5.74, 6) is -0.219. The Balaban J connectivity index is 1.26. The Labute approximate surface area is 229 Å². The number of nitrogens with zero attached hydrogens (tertiary/aromatic N) is 2. The number of carbonyl (C=O) groups excluding carboxylic acids is 1. The molecule has 6 nitrogen and oxygen atoms in total. The zero-order chi connectivity index (χ0) is 26.7. The molecule has 1 saturated heterocycles. The third-order valence-electron chi connectivity index (χ3n) is 7.06. The molecule has 1 aliphatic heterocycles. The van der Waals surface area contributed by atoms with Gasteiger partial charge in [0.05, 0.1) is 0 Å². The Morgan fingerprint density at radius 2 is 1.47 bits per heavy atom. The van der Waals surface area contributed by atoms with Crippen LogP contribution in [0.25, 0.3) is 0 Å². The van der Waals surface area contributed by atoms with Gasteiger partial charge in [0.2, 0.25) is 0 Å². The second-order valence-electron chi connectivity index (χ2n) is 9.69. The average Bonchev–Trinajstić information content (AvgIpc) is 2.95. The molecule has 38 heavy (non-hydrogen) atoms. The van der Waals surface area contributed by atoms with E-state index in [-0.39, 0.29) is 18.9 Å². The van der Waals surface area contributed by atoms with E-state index in [0.717, 1.165) is 42.9 Å². The fourth-order valence-electron chi connectivity index (χ4n) is 4.91. The maximum Gasteiger partial charge on any atom is 0.303 e. The van der Waals surface area contributed by atoms with Crippen LogP contribution in [-0.4, -0.2) is 59.6 Å². The molecule has 3 aromatic carbocycles. The number of benzene rings is 3. The highest BCUT2D eigenvalue weighted by atomic mass is 35.5. The topological polar surface area (TPSA) is 70.1 Å². The molecule has 3 aromatic rings. The lowest BCUT2D eigenvalue weighted by Gasteiger charge is -2.39. The molecule has 1 fully saturated rings. The number of halogens is 1. The molecule has 1 aliphatic rings. The van der Waals surface area contributed by atoms with Gasteiger partial charge in [-0.05, 0) is 66.6 Å². The minimum atomic E-state index is -0.816. The van der Waals surface area contributed by atoms with Crippen molar-refractivity contribution in [2.45, 2.75) is 38.1 Å². The van der Waals surface area contributed by atoms with Gasteiger partial charge in [0.25, 0.3) is 5.91 Å². The molecule has 4 rings (SSSR count). The molecule has 1 unspecified atom stereocenters. The van der Waals surface area contributed by atoms with E-state index in [4.69, 9.17) is 21.4 Å². The van der Waals surface area contributed by atoms with Crippen molar-refractivity contribution in [3.8, 4) is 5.75 Å². The molecule has 1 N–H and O–H groups in total. The van der Waals surface area contributed by atoms with E-state index < -0.39 is 5.97 Å². The predicted octanol–water partition coefficient (Wildman–Crippen LogP) is 5.64. The van der Waals surface area contributed by atoms with Gasteiger partial charge in [-0.3, -0.25) is 14.5 Å². The second kappa shape index (κ2) is 14.0. The molecule has 0 aliphatic carbocycles. The molecule has 0 aromatic heterocycles. The summed E-state index contributed by atoms with van der Waals surface area (Å²) in [7, 11) is 0. The summed E-state index contributed by atoms with van der Waals surface area (Å²) in [6.07, 6.45) is 3.70. The summed E-state index contributed by atoms with van der Waals surface area (Å²) < 4.78 is 5.72. The molecular weight excluding hydrogens is 500 g/mol. The summed E-state index contributed by atoms with van der Waals surface area (Å²) in [5.41, 5.74) is 3.55. The number of amides is 1. The zero-order valence-electron chi connectivity index (χ0n) is 21.6.